The molecule has 0 aliphatic carbocycles. The van der Waals surface area contributed by atoms with Crippen LogP contribution in [-0.4, -0.2) is 22.2 Å². The lowest BCUT2D eigenvalue weighted by Gasteiger charge is -2.19. The Hall–Kier alpha value is -0.380. The topological polar surface area (TPSA) is 54.4 Å². The molecule has 4 heteroatoms. The molecule has 0 saturated heterocycles. The molecular weight excluding hydrogens is 212 g/mol. The summed E-state index contributed by atoms with van der Waals surface area (Å²) in [6.07, 6.45) is 0.326. The molecule has 0 radical (unpaired) electrons. The summed E-state index contributed by atoms with van der Waals surface area (Å²) in [5.74, 6) is -1.34. The third-order valence-electron chi connectivity index (χ3n) is 1.92. The summed E-state index contributed by atoms with van der Waals surface area (Å²) in [6.45, 7) is 3.13. The zero-order valence-corrected chi connectivity index (χ0v) is 8.14. The van der Waals surface area contributed by atoms with Crippen LogP contribution in [0.2, 0.25) is 0 Å². The van der Waals surface area contributed by atoms with Gasteiger partial charge < -0.3 is 5.11 Å². The Morgan fingerprint density at radius 3 is 2.09 bits per heavy atom. The van der Waals surface area contributed by atoms with Gasteiger partial charge in [-0.05, 0) is 13.3 Å². The standard InChI is InChI=1S/C7H11BrO3/c1-3-7(2,6(10)11)5(9)4-8/h3-4H2,1-2H3,(H,10,11). The highest BCUT2D eigenvalue weighted by Gasteiger charge is 2.37. The highest BCUT2D eigenvalue weighted by molar-refractivity contribution is 9.09. The Morgan fingerprint density at radius 1 is 1.55 bits per heavy atom. The van der Waals surface area contributed by atoms with E-state index in [2.05, 4.69) is 15.9 Å². The summed E-state index contributed by atoms with van der Waals surface area (Å²) in [5, 5.41) is 8.79. The zero-order valence-electron chi connectivity index (χ0n) is 6.56. The van der Waals surface area contributed by atoms with Crippen LogP contribution in [0.3, 0.4) is 0 Å². The second-order valence-corrected chi connectivity index (χ2v) is 3.11. The average molecular weight is 223 g/mol. The number of halogens is 1. The van der Waals surface area contributed by atoms with Crippen molar-refractivity contribution in [2.75, 3.05) is 5.33 Å². The first-order valence-corrected chi connectivity index (χ1v) is 4.43. The van der Waals surface area contributed by atoms with Crippen molar-refractivity contribution in [1.29, 1.82) is 0 Å². The van der Waals surface area contributed by atoms with Crippen LogP contribution in [0.25, 0.3) is 0 Å². The fourth-order valence-electron chi connectivity index (χ4n) is 0.615. The number of Topliss-reactive ketones (excluding diaryl/α,β-unsaturated/α-hetero) is 1. The van der Waals surface area contributed by atoms with E-state index in [1.165, 1.54) is 6.92 Å². The number of carboxylic acid groups (broad SMARTS) is 1. The summed E-state index contributed by atoms with van der Waals surface area (Å²) < 4.78 is 0. The van der Waals surface area contributed by atoms with Gasteiger partial charge in [0, 0.05) is 0 Å². The van der Waals surface area contributed by atoms with Gasteiger partial charge in [0.05, 0.1) is 5.33 Å². The van der Waals surface area contributed by atoms with Crippen LogP contribution in [0.4, 0.5) is 0 Å². The van der Waals surface area contributed by atoms with Gasteiger partial charge in [0.25, 0.3) is 0 Å². The fraction of sp³-hybridized carbons (Fsp3) is 0.714. The molecule has 0 rings (SSSR count). The second kappa shape index (κ2) is 3.85. The van der Waals surface area contributed by atoms with Gasteiger partial charge in [-0.25, -0.2) is 0 Å². The van der Waals surface area contributed by atoms with Crippen LogP contribution in [-0.2, 0) is 9.59 Å². The van der Waals surface area contributed by atoms with E-state index in [0.717, 1.165) is 0 Å². The van der Waals surface area contributed by atoms with Gasteiger partial charge in [0.15, 0.2) is 5.78 Å². The van der Waals surface area contributed by atoms with E-state index in [4.69, 9.17) is 5.11 Å². The van der Waals surface area contributed by atoms with Crippen LogP contribution < -0.4 is 0 Å². The lowest BCUT2D eigenvalue weighted by atomic mass is 9.84. The molecule has 11 heavy (non-hydrogen) atoms. The van der Waals surface area contributed by atoms with Crippen molar-refractivity contribution in [3.8, 4) is 0 Å². The summed E-state index contributed by atoms with van der Waals surface area (Å²) in [4.78, 5) is 21.7. The smallest absolute Gasteiger partial charge is 0.316 e. The molecule has 3 nitrogen and oxygen atoms in total. The molecule has 0 aliphatic rings. The van der Waals surface area contributed by atoms with Gasteiger partial charge in [0.1, 0.15) is 5.41 Å². The molecule has 0 aromatic heterocycles. The van der Waals surface area contributed by atoms with Crippen LogP contribution >= 0.6 is 15.9 Å². The summed E-state index contributed by atoms with van der Waals surface area (Å²) in [6, 6.07) is 0. The van der Waals surface area contributed by atoms with Crippen molar-refractivity contribution >= 4 is 27.7 Å². The molecule has 0 amide bonds. The molecule has 0 saturated carbocycles. The molecular formula is C7H11BrO3. The van der Waals surface area contributed by atoms with Gasteiger partial charge in [-0.1, -0.05) is 22.9 Å². The van der Waals surface area contributed by atoms with E-state index in [-0.39, 0.29) is 11.1 Å². The molecule has 0 fully saturated rings. The van der Waals surface area contributed by atoms with E-state index >= 15 is 0 Å². The lowest BCUT2D eigenvalue weighted by Crippen LogP contribution is -2.36. The third kappa shape index (κ3) is 2.02. The Balaban J connectivity index is 4.59. The van der Waals surface area contributed by atoms with Gasteiger partial charge in [-0.3, -0.25) is 9.59 Å². The predicted octanol–water partition coefficient (Wildman–Crippen LogP) is 1.45. The molecule has 0 aromatic rings. The number of hydrogen-bond donors (Lipinski definition) is 1. The first-order chi connectivity index (χ1) is 4.99. The molecule has 64 valence electrons. The van der Waals surface area contributed by atoms with Crippen molar-refractivity contribution in [3.63, 3.8) is 0 Å². The molecule has 1 atom stereocenters. The van der Waals surface area contributed by atoms with Crippen LogP contribution in [0.15, 0.2) is 0 Å². The number of aliphatic carboxylic acids is 1. The normalized spacial score (nSPS) is 15.5. The van der Waals surface area contributed by atoms with Crippen molar-refractivity contribution in [1.82, 2.24) is 0 Å². The predicted molar refractivity (Wildman–Crippen MR) is 44.8 cm³/mol. The Kier molecular flexibility index (Phi) is 3.72. The lowest BCUT2D eigenvalue weighted by molar-refractivity contribution is -0.153. The number of ketones is 1. The Bertz CT molecular complexity index is 179. The fourth-order valence-corrected chi connectivity index (χ4v) is 1.23. The zero-order chi connectivity index (χ0) is 9.07. The molecule has 0 bridgehead atoms. The minimum atomic E-state index is -1.22. The van der Waals surface area contributed by atoms with E-state index < -0.39 is 11.4 Å². The summed E-state index contributed by atoms with van der Waals surface area (Å²) in [5.41, 5.74) is -1.22. The maximum atomic E-state index is 11.1. The first kappa shape index (κ1) is 10.6. The average Bonchev–Trinajstić information content (AvgIpc) is 2.01. The van der Waals surface area contributed by atoms with E-state index in [1.54, 1.807) is 6.92 Å². The minimum absolute atomic E-state index is 0.101. The highest BCUT2D eigenvalue weighted by atomic mass is 79.9. The van der Waals surface area contributed by atoms with Crippen LogP contribution in [0, 0.1) is 5.41 Å². The second-order valence-electron chi connectivity index (χ2n) is 2.55. The van der Waals surface area contributed by atoms with Crippen LogP contribution in [0.1, 0.15) is 20.3 Å². The van der Waals surface area contributed by atoms with Crippen molar-refractivity contribution < 1.29 is 14.7 Å². The Labute approximate surface area is 73.9 Å². The van der Waals surface area contributed by atoms with Gasteiger partial charge in [-0.15, -0.1) is 0 Å². The van der Waals surface area contributed by atoms with E-state index in [9.17, 15) is 9.59 Å². The largest absolute Gasteiger partial charge is 0.481 e. The molecule has 1 unspecified atom stereocenters. The van der Waals surface area contributed by atoms with Crippen molar-refractivity contribution in [2.45, 2.75) is 20.3 Å². The van der Waals surface area contributed by atoms with Gasteiger partial charge in [0.2, 0.25) is 0 Å². The minimum Gasteiger partial charge on any atom is -0.481 e. The summed E-state index contributed by atoms with van der Waals surface area (Å²) >= 11 is 2.95. The van der Waals surface area contributed by atoms with E-state index in [0.29, 0.717) is 6.42 Å². The van der Waals surface area contributed by atoms with Crippen LogP contribution in [0.5, 0.6) is 0 Å². The number of alkyl halides is 1. The SMILES string of the molecule is CCC(C)(C(=O)O)C(=O)CBr. The number of carboxylic acids is 1. The van der Waals surface area contributed by atoms with Crippen molar-refractivity contribution in [2.24, 2.45) is 5.41 Å². The number of rotatable bonds is 4. The van der Waals surface area contributed by atoms with E-state index in [1.807, 2.05) is 0 Å². The molecule has 1 N–H and O–H groups in total. The maximum absolute atomic E-state index is 11.1. The summed E-state index contributed by atoms with van der Waals surface area (Å²) in [7, 11) is 0. The molecule has 0 heterocycles. The highest BCUT2D eigenvalue weighted by Crippen LogP contribution is 2.23. The monoisotopic (exact) mass is 222 g/mol. The molecule has 0 spiro atoms. The first-order valence-electron chi connectivity index (χ1n) is 3.31. The van der Waals surface area contributed by atoms with Crippen molar-refractivity contribution in [3.05, 3.63) is 0 Å². The van der Waals surface area contributed by atoms with Gasteiger partial charge in [-0.2, -0.15) is 0 Å². The number of carbonyl (C=O) groups is 2. The van der Waals surface area contributed by atoms with Gasteiger partial charge >= 0.3 is 5.97 Å². The quantitative estimate of drug-likeness (QED) is 0.579. The molecule has 0 aromatic carbocycles. The number of carbonyl (C=O) groups excluding carboxylic acids is 1. The number of hydrogen-bond acceptors (Lipinski definition) is 2. The maximum Gasteiger partial charge on any atom is 0.316 e. The Morgan fingerprint density at radius 2 is 2.00 bits per heavy atom. The third-order valence-corrected chi connectivity index (χ3v) is 2.43. The molecule has 0 aliphatic heterocycles.